The predicted octanol–water partition coefficient (Wildman–Crippen LogP) is 1.20. The monoisotopic (exact) mass is 442 g/mol. The van der Waals surface area contributed by atoms with Crippen LogP contribution < -0.4 is 5.32 Å². The van der Waals surface area contributed by atoms with Gasteiger partial charge in [-0.2, -0.15) is 4.31 Å². The van der Waals surface area contributed by atoms with Crippen molar-refractivity contribution >= 4 is 16.1 Å². The lowest BCUT2D eigenvalue weighted by molar-refractivity contribution is -0.0294. The number of sulfonamides is 1. The molecule has 0 aliphatic carbocycles. The van der Waals surface area contributed by atoms with Gasteiger partial charge >= 0.3 is 6.03 Å². The fourth-order valence-electron chi connectivity index (χ4n) is 3.82. The summed E-state index contributed by atoms with van der Waals surface area (Å²) in [6.07, 6.45) is -0.0517. The minimum atomic E-state index is -3.91. The van der Waals surface area contributed by atoms with E-state index in [1.54, 1.807) is 4.90 Å². The molecule has 0 saturated carbocycles. The number of benzene rings is 1. The van der Waals surface area contributed by atoms with E-state index < -0.39 is 15.8 Å². The van der Waals surface area contributed by atoms with Crippen molar-refractivity contribution in [1.82, 2.24) is 19.4 Å². The second-order valence-corrected chi connectivity index (χ2v) is 10.1. The van der Waals surface area contributed by atoms with Crippen LogP contribution in [0.4, 0.5) is 9.18 Å². The molecule has 30 heavy (non-hydrogen) atoms. The molecule has 168 valence electrons. The maximum Gasteiger partial charge on any atom is 0.317 e. The van der Waals surface area contributed by atoms with Crippen LogP contribution in [0.15, 0.2) is 29.2 Å². The molecular weight excluding hydrogens is 411 g/mol. The largest absolute Gasteiger partial charge is 0.374 e. The smallest absolute Gasteiger partial charge is 0.317 e. The van der Waals surface area contributed by atoms with Gasteiger partial charge < -0.3 is 15.0 Å². The number of hydrogen-bond acceptors (Lipinski definition) is 5. The van der Waals surface area contributed by atoms with E-state index in [1.807, 2.05) is 0 Å². The van der Waals surface area contributed by atoms with Crippen LogP contribution in [0, 0.1) is 11.7 Å². The van der Waals surface area contributed by atoms with E-state index in [0.717, 1.165) is 25.7 Å². The number of hydrogen-bond donors (Lipinski definition) is 1. The summed E-state index contributed by atoms with van der Waals surface area (Å²) in [5, 5.41) is 2.90. The van der Waals surface area contributed by atoms with Gasteiger partial charge in [-0.15, -0.1) is 0 Å². The SMILES string of the molecule is CC(C)CN1CCOC(CNC(=O)N2CCN(S(=O)(=O)c3ccccc3F)CC2)C1. The molecule has 10 heteroatoms. The number of rotatable bonds is 6. The molecule has 0 radical (unpaired) electrons. The van der Waals surface area contributed by atoms with Gasteiger partial charge in [0.15, 0.2) is 0 Å². The van der Waals surface area contributed by atoms with E-state index in [2.05, 4.69) is 24.1 Å². The number of amides is 2. The van der Waals surface area contributed by atoms with Gasteiger partial charge in [0.1, 0.15) is 10.7 Å². The van der Waals surface area contributed by atoms with Crippen molar-refractivity contribution in [2.24, 2.45) is 5.92 Å². The lowest BCUT2D eigenvalue weighted by atomic mass is 10.2. The van der Waals surface area contributed by atoms with Gasteiger partial charge in [-0.05, 0) is 18.1 Å². The Morgan fingerprint density at radius 1 is 1.20 bits per heavy atom. The average Bonchev–Trinajstić information content (AvgIpc) is 2.72. The summed E-state index contributed by atoms with van der Waals surface area (Å²) < 4.78 is 46.2. The molecule has 3 rings (SSSR count). The van der Waals surface area contributed by atoms with Crippen molar-refractivity contribution in [3.63, 3.8) is 0 Å². The average molecular weight is 443 g/mol. The fraction of sp³-hybridized carbons (Fsp3) is 0.650. The van der Waals surface area contributed by atoms with Crippen LogP contribution in [0.2, 0.25) is 0 Å². The van der Waals surface area contributed by atoms with E-state index in [0.29, 0.717) is 19.1 Å². The van der Waals surface area contributed by atoms with Crippen LogP contribution in [-0.4, -0.2) is 93.6 Å². The van der Waals surface area contributed by atoms with Crippen LogP contribution in [0.25, 0.3) is 0 Å². The molecule has 0 bridgehead atoms. The molecule has 1 unspecified atom stereocenters. The standard InChI is InChI=1S/C20H31FN4O4S/c1-16(2)14-23-11-12-29-17(15-23)13-22-20(26)24-7-9-25(10-8-24)30(27,28)19-6-4-3-5-18(19)21/h3-6,16-17H,7-15H2,1-2H3,(H,22,26). The highest BCUT2D eigenvalue weighted by Gasteiger charge is 2.32. The third kappa shape index (κ3) is 5.69. The molecule has 2 amide bonds. The molecule has 1 aromatic carbocycles. The minimum Gasteiger partial charge on any atom is -0.374 e. The van der Waals surface area contributed by atoms with Crippen LogP contribution in [0.3, 0.4) is 0 Å². The molecule has 2 fully saturated rings. The maximum absolute atomic E-state index is 13.9. The van der Waals surface area contributed by atoms with Gasteiger partial charge in [-0.25, -0.2) is 17.6 Å². The highest BCUT2D eigenvalue weighted by molar-refractivity contribution is 7.89. The number of ether oxygens (including phenoxy) is 1. The van der Waals surface area contributed by atoms with Crippen LogP contribution in [0.1, 0.15) is 13.8 Å². The van der Waals surface area contributed by atoms with Crippen molar-refractivity contribution in [2.75, 3.05) is 59.0 Å². The Hall–Kier alpha value is -1.75. The van der Waals surface area contributed by atoms with Crippen LogP contribution in [-0.2, 0) is 14.8 Å². The van der Waals surface area contributed by atoms with Crippen molar-refractivity contribution in [3.05, 3.63) is 30.1 Å². The number of carbonyl (C=O) groups is 1. The van der Waals surface area contributed by atoms with Gasteiger partial charge in [0.25, 0.3) is 0 Å². The highest BCUT2D eigenvalue weighted by Crippen LogP contribution is 2.20. The molecule has 1 atom stereocenters. The van der Waals surface area contributed by atoms with Gasteiger partial charge in [-0.1, -0.05) is 26.0 Å². The van der Waals surface area contributed by atoms with Gasteiger partial charge in [0.2, 0.25) is 10.0 Å². The summed E-state index contributed by atoms with van der Waals surface area (Å²) in [6, 6.07) is 5.11. The first-order chi connectivity index (χ1) is 14.3. The molecule has 2 heterocycles. The molecule has 0 spiro atoms. The zero-order chi connectivity index (χ0) is 21.7. The first-order valence-corrected chi connectivity index (χ1v) is 11.8. The second kappa shape index (κ2) is 10.0. The van der Waals surface area contributed by atoms with E-state index in [4.69, 9.17) is 4.74 Å². The normalized spacial score (nSPS) is 21.7. The first kappa shape index (κ1) is 22.9. The van der Waals surface area contributed by atoms with Gasteiger partial charge in [0.05, 0.1) is 12.7 Å². The molecule has 8 nitrogen and oxygen atoms in total. The topological polar surface area (TPSA) is 82.2 Å². The maximum atomic E-state index is 13.9. The first-order valence-electron chi connectivity index (χ1n) is 10.4. The summed E-state index contributed by atoms with van der Waals surface area (Å²) in [7, 11) is -3.91. The van der Waals surface area contributed by atoms with Gasteiger partial charge in [-0.3, -0.25) is 4.90 Å². The second-order valence-electron chi connectivity index (χ2n) is 8.15. The zero-order valence-electron chi connectivity index (χ0n) is 17.6. The Labute approximate surface area is 178 Å². The predicted molar refractivity (Wildman–Crippen MR) is 111 cm³/mol. The summed E-state index contributed by atoms with van der Waals surface area (Å²) in [6.45, 7) is 8.89. The van der Waals surface area contributed by atoms with Gasteiger partial charge in [0, 0.05) is 52.4 Å². The quantitative estimate of drug-likeness (QED) is 0.716. The third-order valence-electron chi connectivity index (χ3n) is 5.31. The Bertz CT molecular complexity index is 828. The fourth-order valence-corrected chi connectivity index (χ4v) is 5.31. The highest BCUT2D eigenvalue weighted by atomic mass is 32.2. The summed E-state index contributed by atoms with van der Waals surface area (Å²) in [4.78, 5) is 16.1. The Balaban J connectivity index is 1.47. The van der Waals surface area contributed by atoms with Crippen LogP contribution >= 0.6 is 0 Å². The minimum absolute atomic E-state index is 0.0517. The molecule has 1 N–H and O–H groups in total. The molecular formula is C20H31FN4O4S. The van der Waals surface area contributed by atoms with E-state index in [1.165, 1.54) is 22.5 Å². The number of piperazine rings is 1. The Morgan fingerprint density at radius 3 is 2.57 bits per heavy atom. The zero-order valence-corrected chi connectivity index (χ0v) is 18.4. The number of nitrogens with zero attached hydrogens (tertiary/aromatic N) is 3. The van der Waals surface area contributed by atoms with Crippen molar-refractivity contribution < 1.29 is 22.3 Å². The number of urea groups is 1. The van der Waals surface area contributed by atoms with Crippen molar-refractivity contribution in [1.29, 1.82) is 0 Å². The Morgan fingerprint density at radius 2 is 1.90 bits per heavy atom. The summed E-state index contributed by atoms with van der Waals surface area (Å²) in [5.74, 6) is -0.188. The lowest BCUT2D eigenvalue weighted by Crippen LogP contribution is -2.55. The molecule has 2 saturated heterocycles. The molecule has 1 aromatic rings. The van der Waals surface area contributed by atoms with Crippen LogP contribution in [0.5, 0.6) is 0 Å². The number of carbonyl (C=O) groups excluding carboxylic acids is 1. The van der Waals surface area contributed by atoms with E-state index in [-0.39, 0.29) is 43.2 Å². The molecule has 0 aromatic heterocycles. The van der Waals surface area contributed by atoms with Crippen molar-refractivity contribution in [3.8, 4) is 0 Å². The summed E-state index contributed by atoms with van der Waals surface area (Å²) in [5.41, 5.74) is 0. The summed E-state index contributed by atoms with van der Waals surface area (Å²) >= 11 is 0. The van der Waals surface area contributed by atoms with E-state index in [9.17, 15) is 17.6 Å². The molecule has 2 aliphatic rings. The Kier molecular flexibility index (Phi) is 7.67. The number of nitrogens with one attached hydrogen (secondary N) is 1. The van der Waals surface area contributed by atoms with Crippen molar-refractivity contribution in [2.45, 2.75) is 24.8 Å². The molecule has 2 aliphatic heterocycles. The van der Waals surface area contributed by atoms with E-state index >= 15 is 0 Å². The lowest BCUT2D eigenvalue weighted by Gasteiger charge is -2.36. The third-order valence-corrected chi connectivity index (χ3v) is 7.24. The number of morpholine rings is 1. The number of halogens is 1.